The molecule has 2 N–H and O–H groups in total. The normalized spacial score (nSPS) is 12.9. The van der Waals surface area contributed by atoms with Gasteiger partial charge in [-0.25, -0.2) is 9.78 Å². The Morgan fingerprint density at radius 3 is 2.65 bits per heavy atom. The summed E-state index contributed by atoms with van der Waals surface area (Å²) in [4.78, 5) is 28.1. The summed E-state index contributed by atoms with van der Waals surface area (Å²) in [5.74, 6) is -1.49. The summed E-state index contributed by atoms with van der Waals surface area (Å²) >= 11 is 7.50. The van der Waals surface area contributed by atoms with Crippen LogP contribution in [-0.2, 0) is 28.5 Å². The Hall–Kier alpha value is -1.86. The Morgan fingerprint density at radius 1 is 1.48 bits per heavy atom. The first-order chi connectivity index (χ1) is 10.7. The number of aliphatic carboxylic acids is 1. The molecule has 8 heteroatoms. The summed E-state index contributed by atoms with van der Waals surface area (Å²) in [6.07, 6.45) is 3.43. The van der Waals surface area contributed by atoms with Crippen molar-refractivity contribution in [1.29, 1.82) is 0 Å². The van der Waals surface area contributed by atoms with Crippen LogP contribution in [0.1, 0.15) is 25.1 Å². The van der Waals surface area contributed by atoms with Gasteiger partial charge >= 0.3 is 5.97 Å². The van der Waals surface area contributed by atoms with Gasteiger partial charge in [0.2, 0.25) is 5.91 Å². The number of carboxylic acid groups (broad SMARTS) is 1. The van der Waals surface area contributed by atoms with E-state index in [0.29, 0.717) is 16.3 Å². The Bertz CT molecular complexity index is 723. The van der Waals surface area contributed by atoms with Crippen LogP contribution in [0.4, 0.5) is 0 Å². The second-order valence-corrected chi connectivity index (χ2v) is 7.01. The van der Waals surface area contributed by atoms with Crippen molar-refractivity contribution in [3.63, 3.8) is 0 Å². The number of rotatable bonds is 6. The van der Waals surface area contributed by atoms with Crippen molar-refractivity contribution in [2.24, 2.45) is 7.05 Å². The number of nitrogens with zero attached hydrogens (tertiary/aromatic N) is 2. The van der Waals surface area contributed by atoms with E-state index in [0.717, 1.165) is 0 Å². The summed E-state index contributed by atoms with van der Waals surface area (Å²) < 4.78 is 1.73. The van der Waals surface area contributed by atoms with E-state index in [1.54, 1.807) is 48.7 Å². The van der Waals surface area contributed by atoms with Gasteiger partial charge in [0.1, 0.15) is 6.04 Å². The number of nitrogens with one attached hydrogen (secondary N) is 1. The van der Waals surface area contributed by atoms with Crippen LogP contribution in [0.2, 0.25) is 5.02 Å². The van der Waals surface area contributed by atoms with Crippen LogP contribution in [0.15, 0.2) is 23.3 Å². The van der Waals surface area contributed by atoms with Gasteiger partial charge in [-0.15, -0.1) is 0 Å². The van der Waals surface area contributed by atoms with Crippen molar-refractivity contribution in [1.82, 2.24) is 14.9 Å². The smallest absolute Gasteiger partial charge is 0.326 e. The molecule has 2 heterocycles. The summed E-state index contributed by atoms with van der Waals surface area (Å²) in [7, 11) is 1.80. The van der Waals surface area contributed by atoms with E-state index in [4.69, 9.17) is 11.6 Å². The minimum Gasteiger partial charge on any atom is -0.480 e. The van der Waals surface area contributed by atoms with Gasteiger partial charge in [-0.05, 0) is 24.8 Å². The summed E-state index contributed by atoms with van der Waals surface area (Å²) in [6.45, 7) is 3.44. The number of aromatic nitrogens is 2. The van der Waals surface area contributed by atoms with Gasteiger partial charge in [-0.3, -0.25) is 4.79 Å². The number of hydrogen-bond acceptors (Lipinski definition) is 4. The number of aryl methyl sites for hydroxylation is 1. The first-order valence-electron chi connectivity index (χ1n) is 6.94. The molecule has 0 spiro atoms. The molecule has 1 atom stereocenters. The van der Waals surface area contributed by atoms with E-state index in [-0.39, 0.29) is 12.3 Å². The Kier molecular flexibility index (Phi) is 5.11. The molecular weight excluding hydrogens is 338 g/mol. The van der Waals surface area contributed by atoms with Crippen LogP contribution in [0.3, 0.4) is 0 Å². The standard InChI is InChI=1S/C15H18ClN3O3S/c1-15(2,10-6-23-7-11(10)16)14(22)18-12(13(20)21)4-9-5-19(3)8-17-9/h5-8,12H,4H2,1-3H3,(H,18,22)(H,20,21)/t12-/m1/s1. The molecule has 0 fully saturated rings. The number of halogens is 1. The van der Waals surface area contributed by atoms with Gasteiger partial charge in [0.05, 0.1) is 22.5 Å². The third-order valence-electron chi connectivity index (χ3n) is 3.63. The summed E-state index contributed by atoms with van der Waals surface area (Å²) in [5, 5.41) is 16.0. The minimum absolute atomic E-state index is 0.120. The van der Waals surface area contributed by atoms with Gasteiger partial charge in [-0.1, -0.05) is 11.6 Å². The lowest BCUT2D eigenvalue weighted by atomic mass is 9.85. The molecule has 0 aliphatic rings. The van der Waals surface area contributed by atoms with Crippen molar-refractivity contribution >= 4 is 34.8 Å². The van der Waals surface area contributed by atoms with Crippen LogP contribution in [0.5, 0.6) is 0 Å². The molecule has 0 bridgehead atoms. The highest BCUT2D eigenvalue weighted by molar-refractivity contribution is 7.08. The van der Waals surface area contributed by atoms with Crippen LogP contribution in [0, 0.1) is 0 Å². The quantitative estimate of drug-likeness (QED) is 0.832. The second-order valence-electron chi connectivity index (χ2n) is 5.86. The van der Waals surface area contributed by atoms with E-state index in [1.165, 1.54) is 11.3 Å². The highest BCUT2D eigenvalue weighted by atomic mass is 35.5. The second kappa shape index (κ2) is 6.72. The van der Waals surface area contributed by atoms with Crippen LogP contribution in [0.25, 0.3) is 0 Å². The molecular formula is C15H18ClN3O3S. The average molecular weight is 356 g/mol. The molecule has 6 nitrogen and oxygen atoms in total. The molecule has 2 rings (SSSR count). The maximum Gasteiger partial charge on any atom is 0.326 e. The number of amides is 1. The first kappa shape index (κ1) is 17.5. The molecule has 0 unspecified atom stereocenters. The molecule has 23 heavy (non-hydrogen) atoms. The van der Waals surface area contributed by atoms with E-state index in [1.807, 2.05) is 0 Å². The predicted octanol–water partition coefficient (Wildman–Crippen LogP) is 2.22. The third-order valence-corrected chi connectivity index (χ3v) is 4.82. The SMILES string of the molecule is Cn1cnc(C[C@@H](NC(=O)C(C)(C)c2cscc2Cl)C(=O)O)c1. The largest absolute Gasteiger partial charge is 0.480 e. The van der Waals surface area contributed by atoms with Crippen LogP contribution in [-0.4, -0.2) is 32.6 Å². The summed E-state index contributed by atoms with van der Waals surface area (Å²) in [5.41, 5.74) is 0.366. The molecule has 0 aromatic carbocycles. The molecule has 1 amide bonds. The zero-order chi connectivity index (χ0) is 17.2. The number of hydrogen-bond donors (Lipinski definition) is 2. The lowest BCUT2D eigenvalue weighted by molar-refractivity contribution is -0.142. The average Bonchev–Trinajstić information content (AvgIpc) is 3.06. The monoisotopic (exact) mass is 355 g/mol. The zero-order valence-corrected chi connectivity index (χ0v) is 14.6. The van der Waals surface area contributed by atoms with E-state index in [2.05, 4.69) is 10.3 Å². The Balaban J connectivity index is 2.14. The third kappa shape index (κ3) is 3.92. The lowest BCUT2D eigenvalue weighted by Crippen LogP contribution is -2.49. The van der Waals surface area contributed by atoms with E-state index < -0.39 is 17.4 Å². The summed E-state index contributed by atoms with van der Waals surface area (Å²) in [6, 6.07) is -1.05. The predicted molar refractivity (Wildman–Crippen MR) is 88.8 cm³/mol. The van der Waals surface area contributed by atoms with Gasteiger partial charge in [0.25, 0.3) is 0 Å². The molecule has 124 valence electrons. The van der Waals surface area contributed by atoms with Gasteiger partial charge in [0.15, 0.2) is 0 Å². The van der Waals surface area contributed by atoms with Gasteiger partial charge in [0, 0.05) is 25.0 Å². The number of imidazole rings is 1. The topological polar surface area (TPSA) is 84.2 Å². The van der Waals surface area contributed by atoms with E-state index in [9.17, 15) is 14.7 Å². The molecule has 0 saturated carbocycles. The Morgan fingerprint density at radius 2 is 2.17 bits per heavy atom. The fourth-order valence-electron chi connectivity index (χ4n) is 2.17. The van der Waals surface area contributed by atoms with Crippen LogP contribution < -0.4 is 5.32 Å². The maximum absolute atomic E-state index is 12.6. The molecule has 0 radical (unpaired) electrons. The molecule has 0 saturated heterocycles. The highest BCUT2D eigenvalue weighted by Gasteiger charge is 2.35. The molecule has 0 aliphatic carbocycles. The van der Waals surface area contributed by atoms with E-state index >= 15 is 0 Å². The van der Waals surface area contributed by atoms with Crippen molar-refractivity contribution in [3.8, 4) is 0 Å². The molecule has 2 aromatic heterocycles. The van der Waals surface area contributed by atoms with Gasteiger partial charge in [-0.2, -0.15) is 11.3 Å². The maximum atomic E-state index is 12.6. The van der Waals surface area contributed by atoms with Gasteiger partial charge < -0.3 is 15.0 Å². The fourth-order valence-corrected chi connectivity index (χ4v) is 3.55. The minimum atomic E-state index is -1.10. The van der Waals surface area contributed by atoms with Crippen molar-refractivity contribution in [2.75, 3.05) is 0 Å². The van der Waals surface area contributed by atoms with Crippen molar-refractivity contribution in [2.45, 2.75) is 31.7 Å². The fraction of sp³-hybridized carbons (Fsp3) is 0.400. The number of carboxylic acids is 1. The van der Waals surface area contributed by atoms with Crippen molar-refractivity contribution in [3.05, 3.63) is 39.6 Å². The lowest BCUT2D eigenvalue weighted by Gasteiger charge is -2.25. The zero-order valence-electron chi connectivity index (χ0n) is 13.0. The molecule has 0 aliphatic heterocycles. The highest BCUT2D eigenvalue weighted by Crippen LogP contribution is 2.33. The van der Waals surface area contributed by atoms with Crippen molar-refractivity contribution < 1.29 is 14.7 Å². The number of carbonyl (C=O) groups is 2. The number of carbonyl (C=O) groups excluding carboxylic acids is 1. The molecule has 2 aromatic rings. The van der Waals surface area contributed by atoms with Crippen LogP contribution >= 0.6 is 22.9 Å². The Labute approximate surface area is 143 Å². The number of thiophene rings is 1. The first-order valence-corrected chi connectivity index (χ1v) is 8.26.